The Morgan fingerprint density at radius 2 is 1.90 bits per heavy atom. The maximum Gasteiger partial charge on any atom is 0.230 e. The first-order valence-corrected chi connectivity index (χ1v) is 10.5. The summed E-state index contributed by atoms with van der Waals surface area (Å²) in [6, 6.07) is 17.6. The average molecular weight is 420 g/mol. The molecular formula is C22H21N5O2S. The lowest BCUT2D eigenvalue weighted by molar-refractivity contribution is -0.118. The van der Waals surface area contributed by atoms with Crippen LogP contribution in [0.5, 0.6) is 5.75 Å². The van der Waals surface area contributed by atoms with Gasteiger partial charge in [-0.15, -0.1) is 0 Å². The molecule has 1 amide bonds. The number of carbonyl (C=O) groups is 1. The molecule has 0 aliphatic carbocycles. The molecule has 7 nitrogen and oxygen atoms in total. The van der Waals surface area contributed by atoms with E-state index >= 15 is 0 Å². The number of nitrogens with zero attached hydrogens (tertiary/aromatic N) is 4. The van der Waals surface area contributed by atoms with E-state index in [1.165, 1.54) is 18.1 Å². The molecule has 0 aliphatic rings. The number of methoxy groups -OCH3 is 1. The number of carbonyl (C=O) groups excluding carboxylic acids is 1. The SMILES string of the molecule is COc1ccccc1CCNC(=O)CSc1ncnc2c1cnn2-c1ccccc1. The van der Waals surface area contributed by atoms with E-state index in [0.29, 0.717) is 13.0 Å². The van der Waals surface area contributed by atoms with Gasteiger partial charge in [0.1, 0.15) is 17.1 Å². The quantitative estimate of drug-likeness (QED) is 0.349. The van der Waals surface area contributed by atoms with Gasteiger partial charge in [0.05, 0.1) is 30.1 Å². The topological polar surface area (TPSA) is 81.9 Å². The van der Waals surface area contributed by atoms with Gasteiger partial charge in [-0.1, -0.05) is 48.2 Å². The fourth-order valence-corrected chi connectivity index (χ4v) is 3.92. The number of thioether (sulfide) groups is 1. The van der Waals surface area contributed by atoms with Crippen molar-refractivity contribution in [2.24, 2.45) is 0 Å². The summed E-state index contributed by atoms with van der Waals surface area (Å²) in [5.74, 6) is 1.06. The Balaban J connectivity index is 1.37. The average Bonchev–Trinajstić information content (AvgIpc) is 3.23. The zero-order valence-electron chi connectivity index (χ0n) is 16.5. The highest BCUT2D eigenvalue weighted by molar-refractivity contribution is 8.00. The van der Waals surface area contributed by atoms with E-state index in [4.69, 9.17) is 4.74 Å². The van der Waals surface area contributed by atoms with Crippen molar-refractivity contribution >= 4 is 28.7 Å². The van der Waals surface area contributed by atoms with Crippen LogP contribution >= 0.6 is 11.8 Å². The molecule has 0 fully saturated rings. The van der Waals surface area contributed by atoms with Crippen LogP contribution in [0, 0.1) is 0 Å². The Labute approximate surface area is 178 Å². The van der Waals surface area contributed by atoms with Gasteiger partial charge in [-0.3, -0.25) is 4.79 Å². The summed E-state index contributed by atoms with van der Waals surface area (Å²) in [7, 11) is 1.65. The molecule has 4 aromatic rings. The van der Waals surface area contributed by atoms with Gasteiger partial charge >= 0.3 is 0 Å². The lowest BCUT2D eigenvalue weighted by Gasteiger charge is -2.09. The second kappa shape index (κ2) is 9.41. The summed E-state index contributed by atoms with van der Waals surface area (Å²) >= 11 is 1.38. The fraction of sp³-hybridized carbons (Fsp3) is 0.182. The van der Waals surface area contributed by atoms with Crippen LogP contribution in [-0.2, 0) is 11.2 Å². The molecule has 0 spiro atoms. The predicted molar refractivity (Wildman–Crippen MR) is 117 cm³/mol. The minimum absolute atomic E-state index is 0.0443. The molecule has 152 valence electrons. The molecule has 0 atom stereocenters. The Morgan fingerprint density at radius 3 is 2.73 bits per heavy atom. The number of ether oxygens (including phenoxy) is 1. The summed E-state index contributed by atoms with van der Waals surface area (Å²) in [6.07, 6.45) is 3.96. The third kappa shape index (κ3) is 4.44. The summed E-state index contributed by atoms with van der Waals surface area (Å²) in [5, 5.41) is 8.96. The van der Waals surface area contributed by atoms with Gasteiger partial charge in [-0.2, -0.15) is 5.10 Å². The molecular weight excluding hydrogens is 398 g/mol. The molecule has 2 aromatic heterocycles. The van der Waals surface area contributed by atoms with Gasteiger partial charge in [0, 0.05) is 6.54 Å². The zero-order valence-corrected chi connectivity index (χ0v) is 17.3. The Hall–Kier alpha value is -3.39. The third-order valence-corrected chi connectivity index (χ3v) is 5.58. The number of amides is 1. The van der Waals surface area contributed by atoms with Crippen LogP contribution in [0.1, 0.15) is 5.56 Å². The van der Waals surface area contributed by atoms with E-state index in [1.807, 2.05) is 54.6 Å². The van der Waals surface area contributed by atoms with Crippen molar-refractivity contribution in [3.63, 3.8) is 0 Å². The van der Waals surface area contributed by atoms with Crippen LogP contribution in [0.4, 0.5) is 0 Å². The number of rotatable bonds is 8. The second-order valence-electron chi connectivity index (χ2n) is 6.51. The van der Waals surface area contributed by atoms with E-state index in [1.54, 1.807) is 18.0 Å². The highest BCUT2D eigenvalue weighted by Crippen LogP contribution is 2.25. The maximum absolute atomic E-state index is 12.3. The number of hydrogen-bond acceptors (Lipinski definition) is 6. The first-order valence-electron chi connectivity index (χ1n) is 9.52. The lowest BCUT2D eigenvalue weighted by atomic mass is 10.1. The van der Waals surface area contributed by atoms with Crippen LogP contribution in [0.15, 0.2) is 72.1 Å². The molecule has 2 heterocycles. The standard InChI is InChI=1S/C22H21N5O2S/c1-29-19-10-6-5-7-16(19)11-12-23-20(28)14-30-22-18-13-26-27(21(18)24-15-25-22)17-8-3-2-4-9-17/h2-10,13,15H,11-12,14H2,1H3,(H,23,28). The maximum atomic E-state index is 12.3. The molecule has 0 bridgehead atoms. The zero-order chi connectivity index (χ0) is 20.8. The van der Waals surface area contributed by atoms with E-state index < -0.39 is 0 Å². The van der Waals surface area contributed by atoms with Gasteiger partial charge in [0.2, 0.25) is 5.91 Å². The summed E-state index contributed by atoms with van der Waals surface area (Å²) < 4.78 is 7.12. The van der Waals surface area contributed by atoms with E-state index in [-0.39, 0.29) is 11.7 Å². The predicted octanol–water partition coefficient (Wildman–Crippen LogP) is 3.28. The van der Waals surface area contributed by atoms with Crippen molar-refractivity contribution in [1.29, 1.82) is 0 Å². The molecule has 30 heavy (non-hydrogen) atoms. The smallest absolute Gasteiger partial charge is 0.230 e. The monoisotopic (exact) mass is 419 g/mol. The van der Waals surface area contributed by atoms with Crippen LogP contribution in [0.2, 0.25) is 0 Å². The lowest BCUT2D eigenvalue weighted by Crippen LogP contribution is -2.27. The molecule has 0 saturated heterocycles. The van der Waals surface area contributed by atoms with Crippen molar-refractivity contribution in [2.75, 3.05) is 19.4 Å². The Morgan fingerprint density at radius 1 is 1.10 bits per heavy atom. The summed E-state index contributed by atoms with van der Waals surface area (Å²) in [5.41, 5.74) is 2.71. The van der Waals surface area contributed by atoms with Gasteiger partial charge in [0.15, 0.2) is 5.65 Å². The molecule has 1 N–H and O–H groups in total. The summed E-state index contributed by atoms with van der Waals surface area (Å²) in [4.78, 5) is 21.0. The first-order chi connectivity index (χ1) is 14.8. The van der Waals surface area contributed by atoms with E-state index in [0.717, 1.165) is 33.1 Å². The van der Waals surface area contributed by atoms with Gasteiger partial charge in [-0.05, 0) is 30.2 Å². The van der Waals surface area contributed by atoms with Crippen LogP contribution in [0.3, 0.4) is 0 Å². The molecule has 2 aromatic carbocycles. The highest BCUT2D eigenvalue weighted by Gasteiger charge is 2.13. The third-order valence-electron chi connectivity index (χ3n) is 4.58. The highest BCUT2D eigenvalue weighted by atomic mass is 32.2. The number of aromatic nitrogens is 4. The van der Waals surface area contributed by atoms with Crippen molar-refractivity contribution in [2.45, 2.75) is 11.4 Å². The van der Waals surface area contributed by atoms with Crippen LogP contribution in [-0.4, -0.2) is 45.1 Å². The minimum atomic E-state index is -0.0443. The Bertz CT molecular complexity index is 1150. The van der Waals surface area contributed by atoms with Gasteiger partial charge in [0.25, 0.3) is 0 Å². The number of para-hydroxylation sites is 2. The van der Waals surface area contributed by atoms with E-state index in [9.17, 15) is 4.79 Å². The number of nitrogens with one attached hydrogen (secondary N) is 1. The molecule has 0 aliphatic heterocycles. The fourth-order valence-electron chi connectivity index (χ4n) is 3.13. The number of fused-ring (bicyclic) bond motifs is 1. The number of benzene rings is 2. The largest absolute Gasteiger partial charge is 0.496 e. The first kappa shape index (κ1) is 19.9. The minimum Gasteiger partial charge on any atom is -0.496 e. The van der Waals surface area contributed by atoms with E-state index in [2.05, 4.69) is 20.4 Å². The van der Waals surface area contributed by atoms with Crippen molar-refractivity contribution < 1.29 is 9.53 Å². The van der Waals surface area contributed by atoms with Crippen molar-refractivity contribution in [1.82, 2.24) is 25.1 Å². The van der Waals surface area contributed by atoms with Gasteiger partial charge in [-0.25, -0.2) is 14.6 Å². The molecule has 0 radical (unpaired) electrons. The van der Waals surface area contributed by atoms with Crippen molar-refractivity contribution in [3.05, 3.63) is 72.7 Å². The summed E-state index contributed by atoms with van der Waals surface area (Å²) in [6.45, 7) is 0.547. The Kier molecular flexibility index (Phi) is 6.24. The van der Waals surface area contributed by atoms with Crippen molar-refractivity contribution in [3.8, 4) is 11.4 Å². The molecule has 4 rings (SSSR count). The molecule has 0 unspecified atom stereocenters. The number of hydrogen-bond donors (Lipinski definition) is 1. The molecule has 8 heteroatoms. The molecule has 0 saturated carbocycles. The van der Waals surface area contributed by atoms with Crippen LogP contribution in [0.25, 0.3) is 16.7 Å². The van der Waals surface area contributed by atoms with Gasteiger partial charge < -0.3 is 10.1 Å². The normalized spacial score (nSPS) is 10.8. The second-order valence-corrected chi connectivity index (χ2v) is 7.47. The van der Waals surface area contributed by atoms with Crippen LogP contribution < -0.4 is 10.1 Å².